The average molecular weight is 297 g/mol. The van der Waals surface area contributed by atoms with Crippen molar-refractivity contribution < 1.29 is 14.6 Å². The minimum absolute atomic E-state index is 0.0152. The van der Waals surface area contributed by atoms with Gasteiger partial charge in [0.2, 0.25) is 0 Å². The molecule has 7 heteroatoms. The number of rotatable bonds is 7. The van der Waals surface area contributed by atoms with Crippen LogP contribution >= 0.6 is 0 Å². The van der Waals surface area contributed by atoms with Gasteiger partial charge in [-0.3, -0.25) is 4.79 Å². The lowest BCUT2D eigenvalue weighted by Gasteiger charge is -2.32. The first-order valence-corrected chi connectivity index (χ1v) is 7.28. The molecule has 118 valence electrons. The molecule has 0 aromatic carbocycles. The third-order valence-electron chi connectivity index (χ3n) is 3.68. The van der Waals surface area contributed by atoms with Crippen molar-refractivity contribution in [2.24, 2.45) is 0 Å². The van der Waals surface area contributed by atoms with E-state index in [1.807, 2.05) is 0 Å². The topological polar surface area (TPSA) is 76.8 Å². The number of hydrogen-bond acceptors (Lipinski definition) is 6. The number of aliphatic hydroxyl groups excluding tert-OH is 1. The van der Waals surface area contributed by atoms with Crippen LogP contribution < -0.4 is 10.5 Å². The SMILES string of the molecule is COC1CCN(c2cnn(CCOCCO)c(=O)c2)CC1. The fourth-order valence-electron chi connectivity index (χ4n) is 2.43. The molecule has 7 nitrogen and oxygen atoms in total. The summed E-state index contributed by atoms with van der Waals surface area (Å²) in [7, 11) is 1.74. The largest absolute Gasteiger partial charge is 0.394 e. The molecule has 1 saturated heterocycles. The Morgan fingerprint density at radius 2 is 2.14 bits per heavy atom. The van der Waals surface area contributed by atoms with Crippen LogP contribution in [0.2, 0.25) is 0 Å². The quantitative estimate of drug-likeness (QED) is 0.706. The van der Waals surface area contributed by atoms with Crippen LogP contribution in [0.1, 0.15) is 12.8 Å². The van der Waals surface area contributed by atoms with Crippen LogP contribution in [0.15, 0.2) is 17.1 Å². The molecule has 0 unspecified atom stereocenters. The van der Waals surface area contributed by atoms with E-state index >= 15 is 0 Å². The van der Waals surface area contributed by atoms with Crippen molar-refractivity contribution in [1.82, 2.24) is 9.78 Å². The van der Waals surface area contributed by atoms with Gasteiger partial charge in [-0.2, -0.15) is 5.10 Å². The highest BCUT2D eigenvalue weighted by atomic mass is 16.5. The summed E-state index contributed by atoms with van der Waals surface area (Å²) < 4.78 is 11.9. The Kier molecular flexibility index (Phi) is 6.16. The number of ether oxygens (including phenoxy) is 2. The smallest absolute Gasteiger partial charge is 0.268 e. The van der Waals surface area contributed by atoms with Crippen molar-refractivity contribution in [3.63, 3.8) is 0 Å². The van der Waals surface area contributed by atoms with Crippen molar-refractivity contribution in [2.75, 3.05) is 44.9 Å². The highest BCUT2D eigenvalue weighted by molar-refractivity contribution is 5.43. The highest BCUT2D eigenvalue weighted by Gasteiger charge is 2.19. The van der Waals surface area contributed by atoms with Gasteiger partial charge in [0.15, 0.2) is 0 Å². The number of anilines is 1. The summed E-state index contributed by atoms with van der Waals surface area (Å²) in [4.78, 5) is 14.2. The van der Waals surface area contributed by atoms with E-state index in [-0.39, 0.29) is 18.8 Å². The fraction of sp³-hybridized carbons (Fsp3) is 0.714. The second kappa shape index (κ2) is 8.11. The van der Waals surface area contributed by atoms with Gasteiger partial charge in [-0.25, -0.2) is 4.68 Å². The van der Waals surface area contributed by atoms with E-state index < -0.39 is 0 Å². The zero-order valence-corrected chi connectivity index (χ0v) is 12.4. The van der Waals surface area contributed by atoms with E-state index in [9.17, 15) is 4.79 Å². The molecule has 1 N–H and O–H groups in total. The molecule has 1 aromatic rings. The van der Waals surface area contributed by atoms with Gasteiger partial charge in [0.1, 0.15) is 0 Å². The Labute approximate surface area is 124 Å². The van der Waals surface area contributed by atoms with E-state index in [2.05, 4.69) is 10.00 Å². The summed E-state index contributed by atoms with van der Waals surface area (Å²) in [5.41, 5.74) is 0.732. The molecule has 21 heavy (non-hydrogen) atoms. The van der Waals surface area contributed by atoms with Crippen LogP contribution in [0.25, 0.3) is 0 Å². The van der Waals surface area contributed by atoms with Crippen molar-refractivity contribution >= 4 is 5.69 Å². The van der Waals surface area contributed by atoms with Gasteiger partial charge in [0, 0.05) is 26.3 Å². The average Bonchev–Trinajstić information content (AvgIpc) is 2.53. The molecule has 2 rings (SSSR count). The first-order chi connectivity index (χ1) is 10.2. The molecule has 0 amide bonds. The Balaban J connectivity index is 1.91. The molecule has 1 aliphatic rings. The summed E-state index contributed by atoms with van der Waals surface area (Å²) in [6, 6.07) is 1.62. The number of piperidine rings is 1. The van der Waals surface area contributed by atoms with E-state index in [1.165, 1.54) is 4.68 Å². The molecule has 1 fully saturated rings. The predicted molar refractivity (Wildman–Crippen MR) is 78.6 cm³/mol. The van der Waals surface area contributed by atoms with E-state index in [0.29, 0.717) is 19.3 Å². The van der Waals surface area contributed by atoms with Crippen molar-refractivity contribution in [1.29, 1.82) is 0 Å². The summed E-state index contributed by atoms with van der Waals surface area (Å²) in [6.45, 7) is 2.78. The fourth-order valence-corrected chi connectivity index (χ4v) is 2.43. The van der Waals surface area contributed by atoms with Crippen LogP contribution in [-0.2, 0) is 16.0 Å². The molecule has 0 spiro atoms. The van der Waals surface area contributed by atoms with Gasteiger partial charge in [-0.15, -0.1) is 0 Å². The number of aliphatic hydroxyl groups is 1. The first-order valence-electron chi connectivity index (χ1n) is 7.28. The van der Waals surface area contributed by atoms with E-state index in [4.69, 9.17) is 14.6 Å². The summed E-state index contributed by atoms with van der Waals surface area (Å²) in [5.74, 6) is 0. The summed E-state index contributed by atoms with van der Waals surface area (Å²) >= 11 is 0. The highest BCUT2D eigenvalue weighted by Crippen LogP contribution is 2.18. The maximum Gasteiger partial charge on any atom is 0.268 e. The third-order valence-corrected chi connectivity index (χ3v) is 3.68. The Morgan fingerprint density at radius 3 is 2.76 bits per heavy atom. The zero-order chi connectivity index (χ0) is 15.1. The van der Waals surface area contributed by atoms with E-state index in [0.717, 1.165) is 31.6 Å². The number of aromatic nitrogens is 2. The molecule has 0 aliphatic carbocycles. The van der Waals surface area contributed by atoms with Gasteiger partial charge in [0.05, 0.1) is 44.4 Å². The van der Waals surface area contributed by atoms with Crippen LogP contribution in [0.3, 0.4) is 0 Å². The lowest BCUT2D eigenvalue weighted by molar-refractivity contribution is 0.0818. The molecule has 0 bridgehead atoms. The van der Waals surface area contributed by atoms with Crippen LogP contribution in [-0.4, -0.2) is 61.0 Å². The normalized spacial score (nSPS) is 16.4. The second-order valence-corrected chi connectivity index (χ2v) is 5.03. The number of nitrogens with zero attached hydrogens (tertiary/aromatic N) is 3. The molecule has 1 aliphatic heterocycles. The monoisotopic (exact) mass is 297 g/mol. The van der Waals surface area contributed by atoms with Gasteiger partial charge >= 0.3 is 0 Å². The molecule has 0 saturated carbocycles. The first kappa shape index (κ1) is 15.9. The van der Waals surface area contributed by atoms with Crippen LogP contribution in [0.5, 0.6) is 0 Å². The minimum Gasteiger partial charge on any atom is -0.394 e. The van der Waals surface area contributed by atoms with Crippen molar-refractivity contribution in [3.8, 4) is 0 Å². The predicted octanol–water partition coefficient (Wildman–Crippen LogP) is -0.133. The zero-order valence-electron chi connectivity index (χ0n) is 12.4. The Hall–Kier alpha value is -1.44. The molecular weight excluding hydrogens is 274 g/mol. The standard InChI is InChI=1S/C14H23N3O4/c1-20-13-2-4-16(5-3-13)12-10-14(19)17(15-11-12)6-8-21-9-7-18/h10-11,13,18H,2-9H2,1H3. The Bertz CT molecular complexity index is 483. The number of methoxy groups -OCH3 is 1. The van der Waals surface area contributed by atoms with E-state index in [1.54, 1.807) is 19.4 Å². The second-order valence-electron chi connectivity index (χ2n) is 5.03. The number of hydrogen-bond donors (Lipinski definition) is 1. The molecular formula is C14H23N3O4. The lowest BCUT2D eigenvalue weighted by atomic mass is 10.1. The van der Waals surface area contributed by atoms with Crippen molar-refractivity contribution in [2.45, 2.75) is 25.5 Å². The summed E-state index contributed by atoms with van der Waals surface area (Å²) in [5, 5.41) is 12.8. The van der Waals surface area contributed by atoms with Crippen LogP contribution in [0.4, 0.5) is 5.69 Å². The van der Waals surface area contributed by atoms with Crippen LogP contribution in [0, 0.1) is 0 Å². The molecule has 0 radical (unpaired) electrons. The maximum atomic E-state index is 12.0. The van der Waals surface area contributed by atoms with Gasteiger partial charge < -0.3 is 19.5 Å². The Morgan fingerprint density at radius 1 is 1.38 bits per heavy atom. The maximum absolute atomic E-state index is 12.0. The van der Waals surface area contributed by atoms with Crippen molar-refractivity contribution in [3.05, 3.63) is 22.6 Å². The summed E-state index contributed by atoms with van der Waals surface area (Å²) in [6.07, 6.45) is 3.97. The minimum atomic E-state index is -0.131. The molecule has 2 heterocycles. The van der Waals surface area contributed by atoms with Gasteiger partial charge in [0.25, 0.3) is 5.56 Å². The van der Waals surface area contributed by atoms with Gasteiger partial charge in [-0.1, -0.05) is 0 Å². The van der Waals surface area contributed by atoms with Gasteiger partial charge in [-0.05, 0) is 12.8 Å². The third kappa shape index (κ3) is 4.52. The molecule has 0 atom stereocenters. The lowest BCUT2D eigenvalue weighted by Crippen LogP contribution is -2.37. The molecule has 1 aromatic heterocycles.